The Bertz CT molecular complexity index is 474. The quantitative estimate of drug-likeness (QED) is 0.920. The average Bonchev–Trinajstić information content (AvgIpc) is 2.89. The van der Waals surface area contributed by atoms with Crippen LogP contribution in [0.5, 0.6) is 5.75 Å². The molecule has 2 aliphatic rings. The van der Waals surface area contributed by atoms with Crippen LogP contribution in [-0.2, 0) is 16.0 Å². The van der Waals surface area contributed by atoms with Crippen molar-refractivity contribution < 1.29 is 18.6 Å². The monoisotopic (exact) mass is 281 g/mol. The fourth-order valence-corrected chi connectivity index (χ4v) is 2.96. The lowest BCUT2D eigenvalue weighted by atomic mass is 9.91. The molecule has 0 aromatic heterocycles. The van der Waals surface area contributed by atoms with E-state index in [-0.39, 0.29) is 29.8 Å². The second kappa shape index (κ2) is 5.68. The molecule has 2 aliphatic heterocycles. The molecule has 1 aromatic carbocycles. The smallest absolute Gasteiger partial charge is 0.165 e. The molecular weight excluding hydrogens is 261 g/mol. The van der Waals surface area contributed by atoms with Gasteiger partial charge in [-0.3, -0.25) is 0 Å². The van der Waals surface area contributed by atoms with Gasteiger partial charge in [-0.15, -0.1) is 0 Å². The number of nitrogens with two attached hydrogens (primary N) is 1. The van der Waals surface area contributed by atoms with Gasteiger partial charge in [0.15, 0.2) is 11.6 Å². The molecule has 2 fully saturated rings. The molecule has 0 radical (unpaired) electrons. The van der Waals surface area contributed by atoms with Gasteiger partial charge in [-0.1, -0.05) is 12.1 Å². The minimum Gasteiger partial charge on any atom is -0.487 e. The lowest BCUT2D eigenvalue weighted by Gasteiger charge is -2.37. The van der Waals surface area contributed by atoms with Crippen molar-refractivity contribution in [3.8, 4) is 5.75 Å². The Kier molecular flexibility index (Phi) is 3.92. The molecule has 5 heteroatoms. The van der Waals surface area contributed by atoms with E-state index in [1.807, 2.05) is 0 Å². The normalized spacial score (nSPS) is 29.8. The zero-order chi connectivity index (χ0) is 14.0. The number of hydrogen-bond donors (Lipinski definition) is 1. The first-order valence-corrected chi connectivity index (χ1v) is 7.08. The standard InChI is InChI=1S/C15H20FNO3/c16-13-3-1-2-11(9-17)14(13)20-12-4-6-19-15(8-12)5-7-18-10-15/h1-3,12H,4-10,17H2. The second-order valence-corrected chi connectivity index (χ2v) is 5.50. The maximum absolute atomic E-state index is 13.9. The molecule has 0 amide bonds. The van der Waals surface area contributed by atoms with Gasteiger partial charge >= 0.3 is 0 Å². The average molecular weight is 281 g/mol. The first kappa shape index (κ1) is 13.8. The van der Waals surface area contributed by atoms with Crippen molar-refractivity contribution in [3.63, 3.8) is 0 Å². The van der Waals surface area contributed by atoms with Gasteiger partial charge in [-0.25, -0.2) is 4.39 Å². The summed E-state index contributed by atoms with van der Waals surface area (Å²) in [7, 11) is 0. The Morgan fingerprint density at radius 1 is 1.40 bits per heavy atom. The molecule has 20 heavy (non-hydrogen) atoms. The van der Waals surface area contributed by atoms with Crippen LogP contribution in [0.15, 0.2) is 18.2 Å². The third kappa shape index (κ3) is 2.66. The number of para-hydroxylation sites is 1. The highest BCUT2D eigenvalue weighted by atomic mass is 19.1. The summed E-state index contributed by atoms with van der Waals surface area (Å²) in [5.41, 5.74) is 6.11. The molecule has 0 aliphatic carbocycles. The first-order chi connectivity index (χ1) is 9.72. The van der Waals surface area contributed by atoms with Gasteiger partial charge in [-0.05, 0) is 6.07 Å². The Morgan fingerprint density at radius 2 is 2.30 bits per heavy atom. The van der Waals surface area contributed by atoms with E-state index in [0.29, 0.717) is 18.8 Å². The SMILES string of the molecule is NCc1cccc(F)c1OC1CCOC2(CCOC2)C1. The number of rotatable bonds is 3. The number of hydrogen-bond acceptors (Lipinski definition) is 4. The molecule has 3 rings (SSSR count). The highest BCUT2D eigenvalue weighted by Crippen LogP contribution is 2.35. The predicted molar refractivity (Wildman–Crippen MR) is 72.1 cm³/mol. The van der Waals surface area contributed by atoms with Crippen LogP contribution in [0.1, 0.15) is 24.8 Å². The molecular formula is C15H20FNO3. The summed E-state index contributed by atoms with van der Waals surface area (Å²) in [6.45, 7) is 2.22. The van der Waals surface area contributed by atoms with Gasteiger partial charge in [0.1, 0.15) is 6.10 Å². The van der Waals surface area contributed by atoms with E-state index < -0.39 is 0 Å². The van der Waals surface area contributed by atoms with Crippen LogP contribution in [0.25, 0.3) is 0 Å². The summed E-state index contributed by atoms with van der Waals surface area (Å²) in [5.74, 6) is -0.0628. The molecule has 2 atom stereocenters. The van der Waals surface area contributed by atoms with Gasteiger partial charge in [-0.2, -0.15) is 0 Å². The molecule has 2 saturated heterocycles. The van der Waals surface area contributed by atoms with Gasteiger partial charge in [0.2, 0.25) is 0 Å². The Hall–Kier alpha value is -1.17. The minimum atomic E-state index is -0.351. The molecule has 0 saturated carbocycles. The zero-order valence-electron chi connectivity index (χ0n) is 11.4. The Morgan fingerprint density at radius 3 is 3.05 bits per heavy atom. The lowest BCUT2D eigenvalue weighted by Crippen LogP contribution is -2.44. The highest BCUT2D eigenvalue weighted by molar-refractivity contribution is 5.35. The third-order valence-electron chi connectivity index (χ3n) is 4.07. The van der Waals surface area contributed by atoms with Crippen LogP contribution < -0.4 is 10.5 Å². The van der Waals surface area contributed by atoms with E-state index in [1.54, 1.807) is 12.1 Å². The topological polar surface area (TPSA) is 53.7 Å². The van der Waals surface area contributed by atoms with Crippen molar-refractivity contribution in [2.75, 3.05) is 19.8 Å². The number of halogens is 1. The third-order valence-corrected chi connectivity index (χ3v) is 4.07. The molecule has 4 nitrogen and oxygen atoms in total. The van der Waals surface area contributed by atoms with E-state index in [1.165, 1.54) is 6.07 Å². The molecule has 0 bridgehead atoms. The maximum atomic E-state index is 13.9. The summed E-state index contributed by atoms with van der Waals surface area (Å²) in [4.78, 5) is 0. The van der Waals surface area contributed by atoms with Crippen LogP contribution in [0.4, 0.5) is 4.39 Å². The summed E-state index contributed by atoms with van der Waals surface area (Å²) in [5, 5.41) is 0. The maximum Gasteiger partial charge on any atom is 0.165 e. The fourth-order valence-electron chi connectivity index (χ4n) is 2.96. The predicted octanol–water partition coefficient (Wildman–Crippen LogP) is 2.00. The summed E-state index contributed by atoms with van der Waals surface area (Å²) >= 11 is 0. The first-order valence-electron chi connectivity index (χ1n) is 7.08. The van der Waals surface area contributed by atoms with Crippen molar-refractivity contribution in [3.05, 3.63) is 29.6 Å². The van der Waals surface area contributed by atoms with Crippen LogP contribution in [0.3, 0.4) is 0 Å². The zero-order valence-corrected chi connectivity index (χ0v) is 11.4. The Balaban J connectivity index is 1.74. The van der Waals surface area contributed by atoms with E-state index in [4.69, 9.17) is 19.9 Å². The number of benzene rings is 1. The van der Waals surface area contributed by atoms with Crippen LogP contribution in [0, 0.1) is 5.82 Å². The van der Waals surface area contributed by atoms with Gasteiger partial charge < -0.3 is 19.9 Å². The summed E-state index contributed by atoms with van der Waals surface area (Å²) < 4.78 is 31.1. The minimum absolute atomic E-state index is 0.0485. The van der Waals surface area contributed by atoms with E-state index in [9.17, 15) is 4.39 Å². The molecule has 2 heterocycles. The highest BCUT2D eigenvalue weighted by Gasteiger charge is 2.42. The molecule has 1 spiro atoms. The summed E-state index contributed by atoms with van der Waals surface area (Å²) in [6, 6.07) is 4.86. The molecule has 2 N–H and O–H groups in total. The van der Waals surface area contributed by atoms with E-state index >= 15 is 0 Å². The fraction of sp³-hybridized carbons (Fsp3) is 0.600. The summed E-state index contributed by atoms with van der Waals surface area (Å²) in [6.07, 6.45) is 2.34. The van der Waals surface area contributed by atoms with Gasteiger partial charge in [0.25, 0.3) is 0 Å². The molecule has 1 aromatic rings. The van der Waals surface area contributed by atoms with Gasteiger partial charge in [0, 0.05) is 38.0 Å². The van der Waals surface area contributed by atoms with E-state index in [2.05, 4.69) is 0 Å². The molecule has 110 valence electrons. The second-order valence-electron chi connectivity index (χ2n) is 5.50. The van der Waals surface area contributed by atoms with Crippen LogP contribution in [-0.4, -0.2) is 31.5 Å². The largest absolute Gasteiger partial charge is 0.487 e. The van der Waals surface area contributed by atoms with Crippen molar-refractivity contribution in [1.82, 2.24) is 0 Å². The Labute approximate surface area is 118 Å². The van der Waals surface area contributed by atoms with Crippen molar-refractivity contribution in [2.24, 2.45) is 5.73 Å². The van der Waals surface area contributed by atoms with E-state index in [0.717, 1.165) is 25.9 Å². The van der Waals surface area contributed by atoms with Crippen molar-refractivity contribution >= 4 is 0 Å². The van der Waals surface area contributed by atoms with Gasteiger partial charge in [0.05, 0.1) is 18.8 Å². The lowest BCUT2D eigenvalue weighted by molar-refractivity contribution is -0.112. The van der Waals surface area contributed by atoms with Crippen molar-refractivity contribution in [1.29, 1.82) is 0 Å². The number of ether oxygens (including phenoxy) is 3. The van der Waals surface area contributed by atoms with Crippen LogP contribution in [0.2, 0.25) is 0 Å². The molecule has 2 unspecified atom stereocenters. The van der Waals surface area contributed by atoms with Crippen LogP contribution >= 0.6 is 0 Å². The van der Waals surface area contributed by atoms with Crippen molar-refractivity contribution in [2.45, 2.75) is 37.5 Å².